The first-order valence-electron chi connectivity index (χ1n) is 8.07. The Morgan fingerprint density at radius 3 is 2.61 bits per heavy atom. The standard InChI is InChI=1S/C20H21N3/c1-23-13-15(16-6-3-5-9-20(16)23)10-14(11-21)18-12-22-19-8-4-2-7-17(18)19/h2-9,12-14,22H,10-11,21H2,1H3. The second-order valence-electron chi connectivity index (χ2n) is 6.21. The van der Waals surface area contributed by atoms with Gasteiger partial charge in [0.1, 0.15) is 0 Å². The Balaban J connectivity index is 1.76. The summed E-state index contributed by atoms with van der Waals surface area (Å²) in [5.74, 6) is 0.317. The van der Waals surface area contributed by atoms with E-state index in [0.29, 0.717) is 12.5 Å². The van der Waals surface area contributed by atoms with Gasteiger partial charge in [0.15, 0.2) is 0 Å². The lowest BCUT2D eigenvalue weighted by Gasteiger charge is -2.14. The lowest BCUT2D eigenvalue weighted by atomic mass is 9.91. The van der Waals surface area contributed by atoms with Crippen LogP contribution in [0.5, 0.6) is 0 Å². The van der Waals surface area contributed by atoms with Gasteiger partial charge in [0.25, 0.3) is 0 Å². The highest BCUT2D eigenvalue weighted by molar-refractivity contribution is 5.85. The molecule has 0 aliphatic heterocycles. The maximum absolute atomic E-state index is 6.13. The highest BCUT2D eigenvalue weighted by Crippen LogP contribution is 2.30. The van der Waals surface area contributed by atoms with Gasteiger partial charge in [-0.1, -0.05) is 36.4 Å². The van der Waals surface area contributed by atoms with E-state index in [0.717, 1.165) is 6.42 Å². The first kappa shape index (κ1) is 14.1. The summed E-state index contributed by atoms with van der Waals surface area (Å²) in [6, 6.07) is 17.0. The van der Waals surface area contributed by atoms with Gasteiger partial charge in [-0.25, -0.2) is 0 Å². The van der Waals surface area contributed by atoms with Crippen LogP contribution in [-0.2, 0) is 13.5 Å². The minimum Gasteiger partial charge on any atom is -0.361 e. The lowest BCUT2D eigenvalue weighted by molar-refractivity contribution is 0.700. The molecule has 0 amide bonds. The Morgan fingerprint density at radius 1 is 1.04 bits per heavy atom. The van der Waals surface area contributed by atoms with E-state index < -0.39 is 0 Å². The van der Waals surface area contributed by atoms with Gasteiger partial charge in [-0.15, -0.1) is 0 Å². The first-order valence-corrected chi connectivity index (χ1v) is 8.07. The highest BCUT2D eigenvalue weighted by atomic mass is 14.9. The van der Waals surface area contributed by atoms with Crippen LogP contribution in [-0.4, -0.2) is 16.1 Å². The number of aromatic amines is 1. The Kier molecular flexibility index (Phi) is 3.43. The number of aromatic nitrogens is 2. The monoisotopic (exact) mass is 303 g/mol. The summed E-state index contributed by atoms with van der Waals surface area (Å²) >= 11 is 0. The van der Waals surface area contributed by atoms with Crippen molar-refractivity contribution in [1.82, 2.24) is 9.55 Å². The molecule has 3 nitrogen and oxygen atoms in total. The normalized spacial score (nSPS) is 13.0. The zero-order chi connectivity index (χ0) is 15.8. The first-order chi connectivity index (χ1) is 11.3. The van der Waals surface area contributed by atoms with E-state index in [2.05, 4.69) is 77.5 Å². The number of nitrogens with zero attached hydrogens (tertiary/aromatic N) is 1. The molecule has 0 spiro atoms. The summed E-state index contributed by atoms with van der Waals surface area (Å²) in [7, 11) is 2.11. The van der Waals surface area contributed by atoms with Gasteiger partial charge in [0.2, 0.25) is 0 Å². The molecule has 1 atom stereocenters. The fourth-order valence-electron chi connectivity index (χ4n) is 3.61. The highest BCUT2D eigenvalue weighted by Gasteiger charge is 2.17. The molecule has 0 saturated carbocycles. The van der Waals surface area contributed by atoms with Crippen molar-refractivity contribution in [3.63, 3.8) is 0 Å². The zero-order valence-electron chi connectivity index (χ0n) is 13.3. The number of hydrogen-bond donors (Lipinski definition) is 2. The molecule has 116 valence electrons. The molecule has 4 aromatic rings. The average molecular weight is 303 g/mol. The molecule has 0 aliphatic carbocycles. The fraction of sp³-hybridized carbons (Fsp3) is 0.200. The number of aryl methyl sites for hydroxylation is 1. The molecular weight excluding hydrogens is 282 g/mol. The average Bonchev–Trinajstić information content (AvgIpc) is 3.15. The summed E-state index contributed by atoms with van der Waals surface area (Å²) < 4.78 is 2.20. The topological polar surface area (TPSA) is 46.7 Å². The molecule has 0 fully saturated rings. The van der Waals surface area contributed by atoms with E-state index in [-0.39, 0.29) is 0 Å². The van der Waals surface area contributed by atoms with E-state index in [1.165, 1.54) is 32.9 Å². The lowest BCUT2D eigenvalue weighted by Crippen LogP contribution is -2.14. The second kappa shape index (κ2) is 5.60. The Bertz CT molecular complexity index is 961. The van der Waals surface area contributed by atoms with Gasteiger partial charge >= 0.3 is 0 Å². The van der Waals surface area contributed by atoms with Crippen LogP contribution >= 0.6 is 0 Å². The summed E-state index contributed by atoms with van der Waals surface area (Å²) in [5, 5.41) is 2.61. The van der Waals surface area contributed by atoms with Gasteiger partial charge in [-0.05, 0) is 36.2 Å². The van der Waals surface area contributed by atoms with Crippen LogP contribution in [0.4, 0.5) is 0 Å². The summed E-state index contributed by atoms with van der Waals surface area (Å²) in [6.07, 6.45) is 5.31. The molecular formula is C20H21N3. The molecule has 2 heterocycles. The van der Waals surface area contributed by atoms with Crippen LogP contribution in [0.1, 0.15) is 17.0 Å². The van der Waals surface area contributed by atoms with Crippen LogP contribution < -0.4 is 5.73 Å². The molecule has 1 unspecified atom stereocenters. The van der Waals surface area contributed by atoms with E-state index in [1.807, 2.05) is 0 Å². The third-order valence-electron chi connectivity index (χ3n) is 4.79. The number of H-pyrrole nitrogens is 1. The van der Waals surface area contributed by atoms with E-state index in [9.17, 15) is 0 Å². The summed E-state index contributed by atoms with van der Waals surface area (Å²) in [4.78, 5) is 3.37. The molecule has 0 saturated heterocycles. The summed E-state index contributed by atoms with van der Waals surface area (Å²) in [6.45, 7) is 0.644. The predicted octanol–water partition coefficient (Wildman–Crippen LogP) is 3.94. The van der Waals surface area contributed by atoms with Crippen molar-refractivity contribution in [2.24, 2.45) is 12.8 Å². The molecule has 0 bridgehead atoms. The third-order valence-corrected chi connectivity index (χ3v) is 4.79. The van der Waals surface area contributed by atoms with Gasteiger partial charge in [0, 0.05) is 47.2 Å². The van der Waals surface area contributed by atoms with Crippen molar-refractivity contribution in [2.75, 3.05) is 6.54 Å². The van der Waals surface area contributed by atoms with E-state index in [4.69, 9.17) is 5.73 Å². The van der Waals surface area contributed by atoms with Crippen molar-refractivity contribution < 1.29 is 0 Å². The van der Waals surface area contributed by atoms with E-state index >= 15 is 0 Å². The van der Waals surface area contributed by atoms with Crippen LogP contribution in [0.25, 0.3) is 21.8 Å². The molecule has 3 N–H and O–H groups in total. The number of benzene rings is 2. The number of para-hydroxylation sites is 2. The Morgan fingerprint density at radius 2 is 1.78 bits per heavy atom. The van der Waals surface area contributed by atoms with Crippen molar-refractivity contribution in [3.8, 4) is 0 Å². The van der Waals surface area contributed by atoms with Crippen LogP contribution in [0.2, 0.25) is 0 Å². The maximum atomic E-state index is 6.13. The molecule has 4 rings (SSSR count). The zero-order valence-corrected chi connectivity index (χ0v) is 13.3. The Labute approximate surface area is 135 Å². The van der Waals surface area contributed by atoms with E-state index in [1.54, 1.807) is 0 Å². The minimum absolute atomic E-state index is 0.317. The summed E-state index contributed by atoms with van der Waals surface area (Å²) in [5.41, 5.74) is 11.3. The molecule has 2 aromatic carbocycles. The number of hydrogen-bond acceptors (Lipinski definition) is 1. The largest absolute Gasteiger partial charge is 0.361 e. The van der Waals surface area contributed by atoms with Gasteiger partial charge < -0.3 is 15.3 Å². The minimum atomic E-state index is 0.317. The van der Waals surface area contributed by atoms with Gasteiger partial charge in [0.05, 0.1) is 0 Å². The van der Waals surface area contributed by atoms with Crippen molar-refractivity contribution in [2.45, 2.75) is 12.3 Å². The van der Waals surface area contributed by atoms with Crippen molar-refractivity contribution >= 4 is 21.8 Å². The molecule has 0 radical (unpaired) electrons. The predicted molar refractivity (Wildman–Crippen MR) is 96.7 cm³/mol. The van der Waals surface area contributed by atoms with Crippen LogP contribution in [0, 0.1) is 0 Å². The smallest absolute Gasteiger partial charge is 0.0480 e. The third kappa shape index (κ3) is 2.34. The number of nitrogens with one attached hydrogen (secondary N) is 1. The molecule has 23 heavy (non-hydrogen) atoms. The number of rotatable bonds is 4. The van der Waals surface area contributed by atoms with Gasteiger partial charge in [-0.2, -0.15) is 0 Å². The SMILES string of the molecule is Cn1cc(CC(CN)c2c[nH]c3ccccc23)c2ccccc21. The maximum Gasteiger partial charge on any atom is 0.0480 e. The number of nitrogens with two attached hydrogens (primary N) is 1. The van der Waals surface area contributed by atoms with Crippen LogP contribution in [0.15, 0.2) is 60.9 Å². The van der Waals surface area contributed by atoms with Gasteiger partial charge in [-0.3, -0.25) is 0 Å². The molecule has 3 heteroatoms. The number of fused-ring (bicyclic) bond motifs is 2. The van der Waals surface area contributed by atoms with Crippen molar-refractivity contribution in [1.29, 1.82) is 0 Å². The second-order valence-corrected chi connectivity index (χ2v) is 6.21. The quantitative estimate of drug-likeness (QED) is 0.589. The molecule has 0 aliphatic rings. The fourth-order valence-corrected chi connectivity index (χ4v) is 3.61. The van der Waals surface area contributed by atoms with Crippen LogP contribution in [0.3, 0.4) is 0 Å². The molecule has 2 aromatic heterocycles. The van der Waals surface area contributed by atoms with Crippen molar-refractivity contribution in [3.05, 3.63) is 72.1 Å². The Hall–Kier alpha value is -2.52.